The molecular weight excluding hydrogens is 508 g/mol. The predicted octanol–water partition coefficient (Wildman–Crippen LogP) is 3.00. The molecule has 190 valence electrons. The van der Waals surface area contributed by atoms with E-state index < -0.39 is 20.2 Å². The number of nitrogens with zero attached hydrogens (tertiary/aromatic N) is 2. The molecule has 33 heavy (non-hydrogen) atoms. The number of pyridine rings is 1. The molecule has 1 rings (SSSR count). The lowest BCUT2D eigenvalue weighted by molar-refractivity contribution is -0.130. The lowest BCUT2D eigenvalue weighted by Crippen LogP contribution is -2.29. The summed E-state index contributed by atoms with van der Waals surface area (Å²) in [6, 6.07) is 3.41. The third-order valence-electron chi connectivity index (χ3n) is 4.47. The van der Waals surface area contributed by atoms with Crippen molar-refractivity contribution < 1.29 is 30.0 Å². The zero-order valence-electron chi connectivity index (χ0n) is 20.0. The van der Waals surface area contributed by atoms with Gasteiger partial charge in [-0.25, -0.2) is 0 Å². The summed E-state index contributed by atoms with van der Waals surface area (Å²) in [5.74, 6) is 0.0870. The molecule has 0 radical (unpaired) electrons. The summed E-state index contributed by atoms with van der Waals surface area (Å²) in [6.07, 6.45) is 6.44. The van der Waals surface area contributed by atoms with Gasteiger partial charge in [-0.05, 0) is 57.1 Å². The molecule has 0 aliphatic rings. The molecule has 0 aliphatic carbocycles. The number of hydrogen-bond donors (Lipinski definition) is 0. The first-order chi connectivity index (χ1) is 15.1. The average molecular weight is 543 g/mol. The standard InChI is InChI=1S/C20H34N2O7S4/c1-20(2,31-30-4)10-9-19(23)22(3)11-7-8-16-12-17(14-28-32(5,24)25)21-18(13-16)15-29-33(6,26)27/h12-13H,7-11,14-15H2,1-6H3. The predicted molar refractivity (Wildman–Crippen MR) is 134 cm³/mol. The highest BCUT2D eigenvalue weighted by Gasteiger charge is 2.21. The Kier molecular flexibility index (Phi) is 12.1. The summed E-state index contributed by atoms with van der Waals surface area (Å²) < 4.78 is 54.9. The number of aryl methyl sites for hydroxylation is 1. The number of carbonyl (C=O) groups excluding carboxylic acids is 1. The van der Waals surface area contributed by atoms with Gasteiger partial charge in [0.2, 0.25) is 5.91 Å². The van der Waals surface area contributed by atoms with Gasteiger partial charge in [0.1, 0.15) is 13.2 Å². The smallest absolute Gasteiger partial charge is 0.264 e. The van der Waals surface area contributed by atoms with Gasteiger partial charge in [-0.1, -0.05) is 21.6 Å². The lowest BCUT2D eigenvalue weighted by Gasteiger charge is -2.24. The summed E-state index contributed by atoms with van der Waals surface area (Å²) in [5, 5.41) is 0. The molecule has 0 unspecified atom stereocenters. The molecule has 13 heteroatoms. The van der Waals surface area contributed by atoms with E-state index in [-0.39, 0.29) is 23.9 Å². The summed E-state index contributed by atoms with van der Waals surface area (Å²) in [4.78, 5) is 18.4. The number of hydrogen-bond acceptors (Lipinski definition) is 10. The largest absolute Gasteiger partial charge is 0.346 e. The molecular formula is C20H34N2O7S4. The fourth-order valence-corrected chi connectivity index (χ4v) is 5.77. The molecule has 0 aromatic carbocycles. The summed E-state index contributed by atoms with van der Waals surface area (Å²) >= 11 is 0. The number of aromatic nitrogens is 1. The maximum atomic E-state index is 12.5. The minimum Gasteiger partial charge on any atom is -0.346 e. The van der Waals surface area contributed by atoms with Crippen LogP contribution in [0, 0.1) is 0 Å². The Morgan fingerprint density at radius 2 is 1.58 bits per heavy atom. The van der Waals surface area contributed by atoms with E-state index in [4.69, 9.17) is 8.37 Å². The third-order valence-corrected chi connectivity index (χ3v) is 8.24. The van der Waals surface area contributed by atoms with Crippen LogP contribution in [0.15, 0.2) is 12.1 Å². The van der Waals surface area contributed by atoms with E-state index in [1.807, 2.05) is 6.26 Å². The number of rotatable bonds is 15. The van der Waals surface area contributed by atoms with Gasteiger partial charge in [-0.15, -0.1) is 0 Å². The Bertz CT molecular complexity index is 941. The molecule has 0 fully saturated rings. The van der Waals surface area contributed by atoms with Crippen molar-refractivity contribution in [2.45, 2.75) is 57.5 Å². The molecule has 0 aliphatic heterocycles. The lowest BCUT2D eigenvalue weighted by atomic mass is 10.1. The van der Waals surface area contributed by atoms with Crippen molar-refractivity contribution in [2.24, 2.45) is 0 Å². The molecule has 0 bridgehead atoms. The van der Waals surface area contributed by atoms with Crippen molar-refractivity contribution in [1.29, 1.82) is 0 Å². The van der Waals surface area contributed by atoms with Crippen LogP contribution in [0.4, 0.5) is 0 Å². The number of carbonyl (C=O) groups is 1. The average Bonchev–Trinajstić information content (AvgIpc) is 2.68. The maximum Gasteiger partial charge on any atom is 0.264 e. The molecule has 0 saturated carbocycles. The van der Waals surface area contributed by atoms with Crippen molar-refractivity contribution in [1.82, 2.24) is 9.88 Å². The van der Waals surface area contributed by atoms with E-state index in [0.717, 1.165) is 24.5 Å². The zero-order valence-corrected chi connectivity index (χ0v) is 23.3. The second-order valence-electron chi connectivity index (χ2n) is 8.32. The molecule has 0 spiro atoms. The van der Waals surface area contributed by atoms with Crippen LogP contribution in [0.1, 0.15) is 50.1 Å². The van der Waals surface area contributed by atoms with Gasteiger partial charge in [-0.3, -0.25) is 18.1 Å². The summed E-state index contributed by atoms with van der Waals surface area (Å²) in [7, 11) is -2.08. The molecule has 1 aromatic rings. The van der Waals surface area contributed by atoms with Crippen molar-refractivity contribution in [3.05, 3.63) is 29.1 Å². The van der Waals surface area contributed by atoms with Crippen molar-refractivity contribution in [3.63, 3.8) is 0 Å². The monoisotopic (exact) mass is 542 g/mol. The van der Waals surface area contributed by atoms with Gasteiger partial charge in [0.25, 0.3) is 20.2 Å². The highest BCUT2D eigenvalue weighted by molar-refractivity contribution is 8.76. The Labute approximate surface area is 206 Å². The van der Waals surface area contributed by atoms with Gasteiger partial charge in [-0.2, -0.15) is 16.8 Å². The third kappa shape index (κ3) is 14.2. The Hall–Kier alpha value is -0.860. The van der Waals surface area contributed by atoms with Crippen molar-refractivity contribution in [3.8, 4) is 0 Å². The molecule has 1 aromatic heterocycles. The van der Waals surface area contributed by atoms with E-state index in [9.17, 15) is 21.6 Å². The normalized spacial score (nSPS) is 12.7. The SMILES string of the molecule is CSSC(C)(C)CCC(=O)N(C)CCCc1cc(COS(C)(=O)=O)nc(COS(C)(=O)=O)c1. The van der Waals surface area contributed by atoms with Crippen LogP contribution in [0.5, 0.6) is 0 Å². The van der Waals surface area contributed by atoms with Crippen LogP contribution in [0.2, 0.25) is 0 Å². The fraction of sp³-hybridized carbons (Fsp3) is 0.700. The van der Waals surface area contributed by atoms with Gasteiger partial charge in [0.05, 0.1) is 23.9 Å². The molecule has 0 atom stereocenters. The Morgan fingerprint density at radius 1 is 1.06 bits per heavy atom. The summed E-state index contributed by atoms with van der Waals surface area (Å²) in [6.45, 7) is 4.28. The first kappa shape index (κ1) is 30.2. The van der Waals surface area contributed by atoms with Crippen LogP contribution in [-0.4, -0.2) is 69.7 Å². The second-order valence-corrected chi connectivity index (χ2v) is 14.7. The van der Waals surface area contributed by atoms with Gasteiger partial charge < -0.3 is 4.90 Å². The van der Waals surface area contributed by atoms with E-state index in [1.54, 1.807) is 45.7 Å². The Balaban J connectivity index is 2.74. The Morgan fingerprint density at radius 3 is 2.03 bits per heavy atom. The quantitative estimate of drug-likeness (QED) is 0.242. The van der Waals surface area contributed by atoms with Gasteiger partial charge >= 0.3 is 0 Å². The second kappa shape index (κ2) is 13.3. The van der Waals surface area contributed by atoms with E-state index in [0.29, 0.717) is 37.2 Å². The van der Waals surface area contributed by atoms with Crippen LogP contribution in [0.25, 0.3) is 0 Å². The van der Waals surface area contributed by atoms with Crippen LogP contribution in [-0.2, 0) is 53.0 Å². The highest BCUT2D eigenvalue weighted by Crippen LogP contribution is 2.37. The van der Waals surface area contributed by atoms with E-state index in [1.165, 1.54) is 0 Å². The molecule has 9 nitrogen and oxygen atoms in total. The van der Waals surface area contributed by atoms with Crippen LogP contribution >= 0.6 is 21.6 Å². The van der Waals surface area contributed by atoms with Crippen molar-refractivity contribution in [2.75, 3.05) is 32.4 Å². The first-order valence-corrected chi connectivity index (χ1v) is 16.4. The molecule has 1 heterocycles. The van der Waals surface area contributed by atoms with E-state index in [2.05, 4.69) is 18.8 Å². The molecule has 1 amide bonds. The maximum absolute atomic E-state index is 12.5. The van der Waals surface area contributed by atoms with Gasteiger partial charge in [0, 0.05) is 24.8 Å². The minimum atomic E-state index is -3.66. The first-order valence-electron chi connectivity index (χ1n) is 10.2. The molecule has 0 N–H and O–H groups in total. The van der Waals surface area contributed by atoms with Crippen LogP contribution in [0.3, 0.4) is 0 Å². The van der Waals surface area contributed by atoms with Gasteiger partial charge in [0.15, 0.2) is 0 Å². The van der Waals surface area contributed by atoms with Crippen LogP contribution < -0.4 is 0 Å². The summed E-state index contributed by atoms with van der Waals surface area (Å²) in [5.41, 5.74) is 1.52. The molecule has 0 saturated heterocycles. The fourth-order valence-electron chi connectivity index (χ4n) is 2.86. The number of amides is 1. The topological polar surface area (TPSA) is 120 Å². The highest BCUT2D eigenvalue weighted by atomic mass is 33.1. The van der Waals surface area contributed by atoms with E-state index >= 15 is 0 Å². The zero-order chi connectivity index (χ0) is 25.3. The minimum absolute atomic E-state index is 0.0296. The van der Waals surface area contributed by atoms with Crippen molar-refractivity contribution >= 4 is 47.7 Å².